The van der Waals surface area contributed by atoms with Crippen LogP contribution in [0.2, 0.25) is 0 Å². The van der Waals surface area contributed by atoms with Gasteiger partial charge in [0.15, 0.2) is 0 Å². The normalized spacial score (nSPS) is 20.0. The highest BCUT2D eigenvalue weighted by Gasteiger charge is 2.31. The van der Waals surface area contributed by atoms with E-state index in [4.69, 9.17) is 4.74 Å². The van der Waals surface area contributed by atoms with Crippen LogP contribution in [0.4, 0.5) is 13.2 Å². The van der Waals surface area contributed by atoms with Crippen molar-refractivity contribution in [2.24, 2.45) is 0 Å². The summed E-state index contributed by atoms with van der Waals surface area (Å²) in [4.78, 5) is 3.98. The zero-order chi connectivity index (χ0) is 22.1. The van der Waals surface area contributed by atoms with Crippen LogP contribution in [0.1, 0.15) is 31.2 Å². The van der Waals surface area contributed by atoms with Gasteiger partial charge in [-0.1, -0.05) is 36.4 Å². The van der Waals surface area contributed by atoms with Crippen LogP contribution in [0.3, 0.4) is 0 Å². The smallest absolute Gasteiger partial charge is 0.417 e. The molecule has 1 aromatic heterocycles. The molecule has 5 nitrogen and oxygen atoms in total. The van der Waals surface area contributed by atoms with Gasteiger partial charge in [-0.15, -0.1) is 0 Å². The molecule has 1 saturated carbocycles. The highest BCUT2D eigenvalue weighted by atomic mass is 32.2. The average Bonchev–Trinajstić information content (AvgIpc) is 2.74. The monoisotopic (exact) mass is 450 g/mol. The summed E-state index contributed by atoms with van der Waals surface area (Å²) in [6, 6.07) is 14.4. The minimum absolute atomic E-state index is 0.132. The predicted octanol–water partition coefficient (Wildman–Crippen LogP) is 4.92. The van der Waals surface area contributed by atoms with Gasteiger partial charge >= 0.3 is 6.18 Å². The van der Waals surface area contributed by atoms with Gasteiger partial charge in [-0.05, 0) is 43.2 Å². The quantitative estimate of drug-likeness (QED) is 0.599. The van der Waals surface area contributed by atoms with E-state index in [0.29, 0.717) is 31.1 Å². The number of ether oxygens (including phenoxy) is 1. The molecule has 1 aliphatic carbocycles. The van der Waals surface area contributed by atoms with E-state index < -0.39 is 21.8 Å². The summed E-state index contributed by atoms with van der Waals surface area (Å²) in [5.41, 5.74) is -0.827. The van der Waals surface area contributed by atoms with Gasteiger partial charge in [0, 0.05) is 23.7 Å². The first-order valence-electron chi connectivity index (χ1n) is 9.92. The Labute approximate surface area is 178 Å². The third-order valence-electron chi connectivity index (χ3n) is 5.39. The van der Waals surface area contributed by atoms with E-state index in [-0.39, 0.29) is 22.9 Å². The molecule has 1 N–H and O–H groups in total. The van der Waals surface area contributed by atoms with Crippen molar-refractivity contribution in [3.05, 3.63) is 66.4 Å². The maximum Gasteiger partial charge on any atom is 0.417 e. The minimum Gasteiger partial charge on any atom is -0.474 e. The molecule has 3 aromatic rings. The fourth-order valence-electron chi connectivity index (χ4n) is 3.80. The van der Waals surface area contributed by atoms with Gasteiger partial charge in [-0.2, -0.15) is 13.2 Å². The van der Waals surface area contributed by atoms with E-state index in [9.17, 15) is 21.6 Å². The van der Waals surface area contributed by atoms with Crippen LogP contribution in [0.5, 0.6) is 5.88 Å². The van der Waals surface area contributed by atoms with Crippen molar-refractivity contribution in [2.45, 2.75) is 48.9 Å². The molecule has 0 spiro atoms. The number of aromatic nitrogens is 1. The van der Waals surface area contributed by atoms with E-state index in [2.05, 4.69) is 9.71 Å². The molecule has 1 heterocycles. The van der Waals surface area contributed by atoms with E-state index in [1.54, 1.807) is 24.3 Å². The molecule has 4 rings (SSSR count). The summed E-state index contributed by atoms with van der Waals surface area (Å²) in [6.07, 6.45) is -1.63. The van der Waals surface area contributed by atoms with Crippen molar-refractivity contribution in [3.8, 4) is 5.88 Å². The molecule has 0 bridgehead atoms. The van der Waals surface area contributed by atoms with Gasteiger partial charge in [-0.3, -0.25) is 0 Å². The Morgan fingerprint density at radius 3 is 2.32 bits per heavy atom. The number of sulfonamides is 1. The van der Waals surface area contributed by atoms with E-state index >= 15 is 0 Å². The number of hydrogen-bond donors (Lipinski definition) is 1. The first kappa shape index (κ1) is 21.6. The lowest BCUT2D eigenvalue weighted by Crippen LogP contribution is -2.39. The fourth-order valence-corrected chi connectivity index (χ4v) is 5.33. The van der Waals surface area contributed by atoms with Gasteiger partial charge in [0.1, 0.15) is 6.10 Å². The second kappa shape index (κ2) is 8.47. The molecule has 164 valence electrons. The molecule has 0 saturated heterocycles. The molecule has 0 unspecified atom stereocenters. The van der Waals surface area contributed by atoms with Crippen molar-refractivity contribution in [1.82, 2.24) is 9.71 Å². The number of nitrogens with one attached hydrogen (secondary N) is 1. The minimum atomic E-state index is -4.44. The lowest BCUT2D eigenvalue weighted by Gasteiger charge is -2.29. The number of alkyl halides is 3. The molecular weight excluding hydrogens is 429 g/mol. The van der Waals surface area contributed by atoms with E-state index in [1.165, 1.54) is 6.07 Å². The topological polar surface area (TPSA) is 68.3 Å². The lowest BCUT2D eigenvalue weighted by atomic mass is 9.94. The van der Waals surface area contributed by atoms with Gasteiger partial charge in [0.2, 0.25) is 15.9 Å². The summed E-state index contributed by atoms with van der Waals surface area (Å²) in [7, 11) is -3.69. The molecule has 0 atom stereocenters. The summed E-state index contributed by atoms with van der Waals surface area (Å²) in [5, 5.41) is 1.52. The van der Waals surface area contributed by atoms with Gasteiger partial charge in [0.05, 0.1) is 10.5 Å². The molecule has 1 fully saturated rings. The molecule has 9 heteroatoms. The van der Waals surface area contributed by atoms with Crippen LogP contribution in [0.15, 0.2) is 65.7 Å². The summed E-state index contributed by atoms with van der Waals surface area (Å²) in [6.45, 7) is 0. The van der Waals surface area contributed by atoms with Crippen LogP contribution in [0.25, 0.3) is 10.8 Å². The largest absolute Gasteiger partial charge is 0.474 e. The van der Waals surface area contributed by atoms with Crippen molar-refractivity contribution in [3.63, 3.8) is 0 Å². The van der Waals surface area contributed by atoms with Gasteiger partial charge in [0.25, 0.3) is 0 Å². The highest BCUT2D eigenvalue weighted by Crippen LogP contribution is 2.30. The third-order valence-corrected chi connectivity index (χ3v) is 6.96. The Hall–Kier alpha value is -2.65. The SMILES string of the molecule is O=S(=O)(NC1CCC(Oc2ccc(C(F)(F)F)cn2)CC1)c1cccc2ccccc12. The standard InChI is InChI=1S/C22H21F3N2O3S/c23-22(24,25)16-8-13-21(26-14-16)30-18-11-9-17(10-12-18)27-31(28,29)20-7-3-5-15-4-1-2-6-19(15)20/h1-8,13-14,17-18,27H,9-12H2. The third kappa shape index (κ3) is 4.99. The Kier molecular flexibility index (Phi) is 5.90. The number of rotatable bonds is 5. The maximum absolute atomic E-state index is 13.0. The van der Waals surface area contributed by atoms with Crippen molar-refractivity contribution in [1.29, 1.82) is 0 Å². The number of pyridine rings is 1. The second-order valence-electron chi connectivity index (χ2n) is 7.57. The lowest BCUT2D eigenvalue weighted by molar-refractivity contribution is -0.137. The predicted molar refractivity (Wildman–Crippen MR) is 110 cm³/mol. The zero-order valence-corrected chi connectivity index (χ0v) is 17.3. The summed E-state index contributed by atoms with van der Waals surface area (Å²) >= 11 is 0. The second-order valence-corrected chi connectivity index (χ2v) is 9.26. The average molecular weight is 450 g/mol. The van der Waals surface area contributed by atoms with E-state index in [1.807, 2.05) is 18.2 Å². The van der Waals surface area contributed by atoms with Crippen molar-refractivity contribution < 1.29 is 26.3 Å². The number of hydrogen-bond acceptors (Lipinski definition) is 4. The Bertz CT molecular complexity index is 1150. The first-order chi connectivity index (χ1) is 14.7. The van der Waals surface area contributed by atoms with Crippen molar-refractivity contribution >= 4 is 20.8 Å². The van der Waals surface area contributed by atoms with Crippen LogP contribution in [-0.4, -0.2) is 25.5 Å². The summed E-state index contributed by atoms with van der Waals surface area (Å²) in [5.74, 6) is 0.132. The molecule has 2 aromatic carbocycles. The van der Waals surface area contributed by atoms with Crippen LogP contribution in [0, 0.1) is 0 Å². The zero-order valence-electron chi connectivity index (χ0n) is 16.5. The first-order valence-corrected chi connectivity index (χ1v) is 11.4. The Balaban J connectivity index is 1.37. The van der Waals surface area contributed by atoms with Crippen LogP contribution >= 0.6 is 0 Å². The molecular formula is C22H21F3N2O3S. The van der Waals surface area contributed by atoms with E-state index in [0.717, 1.165) is 17.6 Å². The Morgan fingerprint density at radius 2 is 1.65 bits per heavy atom. The molecule has 0 radical (unpaired) electrons. The number of fused-ring (bicyclic) bond motifs is 1. The number of halogens is 3. The van der Waals surface area contributed by atoms with Crippen LogP contribution < -0.4 is 9.46 Å². The molecule has 1 aliphatic rings. The molecule has 0 amide bonds. The highest BCUT2D eigenvalue weighted by molar-refractivity contribution is 7.89. The van der Waals surface area contributed by atoms with Gasteiger partial charge in [-0.25, -0.2) is 18.1 Å². The fraction of sp³-hybridized carbons (Fsp3) is 0.318. The van der Waals surface area contributed by atoms with Gasteiger partial charge < -0.3 is 4.74 Å². The summed E-state index contributed by atoms with van der Waals surface area (Å²) < 4.78 is 72.3. The Morgan fingerprint density at radius 1 is 0.935 bits per heavy atom. The number of benzene rings is 2. The van der Waals surface area contributed by atoms with Crippen LogP contribution in [-0.2, 0) is 16.2 Å². The number of nitrogens with zero attached hydrogens (tertiary/aromatic N) is 1. The molecule has 31 heavy (non-hydrogen) atoms. The maximum atomic E-state index is 13.0. The molecule has 0 aliphatic heterocycles. The van der Waals surface area contributed by atoms with Crippen molar-refractivity contribution in [2.75, 3.05) is 0 Å².